The number of halogens is 1. The zero-order valence-corrected chi connectivity index (χ0v) is 16.7. The number of rotatable bonds is 5. The van der Waals surface area contributed by atoms with E-state index >= 15 is 0 Å². The van der Waals surface area contributed by atoms with E-state index in [1.54, 1.807) is 39.0 Å². The van der Waals surface area contributed by atoms with Crippen LogP contribution < -0.4 is 10.6 Å². The van der Waals surface area contributed by atoms with E-state index in [0.29, 0.717) is 15.8 Å². The summed E-state index contributed by atoms with van der Waals surface area (Å²) in [6.07, 6.45) is 2.95. The Bertz CT molecular complexity index is 850. The summed E-state index contributed by atoms with van der Waals surface area (Å²) < 4.78 is 5.90. The van der Waals surface area contributed by atoms with E-state index in [4.69, 9.17) is 4.74 Å². The number of nitrogens with one attached hydrogen (secondary N) is 2. The first-order valence-electron chi connectivity index (χ1n) is 8.01. The smallest absolute Gasteiger partial charge is 0.412 e. The average Bonchev–Trinajstić information content (AvgIpc) is 2.56. The van der Waals surface area contributed by atoms with Gasteiger partial charge in [-0.1, -0.05) is 15.9 Å². The van der Waals surface area contributed by atoms with Crippen molar-refractivity contribution in [1.82, 2.24) is 9.97 Å². The summed E-state index contributed by atoms with van der Waals surface area (Å²) in [5.74, 6) is -0.945. The van der Waals surface area contributed by atoms with Gasteiger partial charge in [0.15, 0.2) is 5.78 Å². The van der Waals surface area contributed by atoms with Crippen molar-refractivity contribution in [2.75, 3.05) is 10.6 Å². The Morgan fingerprint density at radius 2 is 1.74 bits per heavy atom. The quantitative estimate of drug-likeness (QED) is 0.546. The van der Waals surface area contributed by atoms with E-state index in [1.807, 2.05) is 0 Å². The maximum atomic E-state index is 12.2. The van der Waals surface area contributed by atoms with Crippen LogP contribution in [0.25, 0.3) is 0 Å². The second kappa shape index (κ2) is 8.72. The number of carbonyl (C=O) groups excluding carboxylic acids is 3. The van der Waals surface area contributed by atoms with E-state index in [0.717, 1.165) is 0 Å². The predicted molar refractivity (Wildman–Crippen MR) is 104 cm³/mol. The van der Waals surface area contributed by atoms with Gasteiger partial charge in [0.25, 0.3) is 0 Å². The second-order valence-electron chi connectivity index (χ2n) is 6.59. The lowest BCUT2D eigenvalue weighted by molar-refractivity contribution is -0.115. The molecule has 0 saturated carbocycles. The molecule has 2 N–H and O–H groups in total. The molecule has 0 spiro atoms. The number of carbonyl (C=O) groups is 3. The van der Waals surface area contributed by atoms with Crippen molar-refractivity contribution in [2.45, 2.75) is 32.8 Å². The van der Waals surface area contributed by atoms with E-state index in [2.05, 4.69) is 36.5 Å². The molecule has 27 heavy (non-hydrogen) atoms. The molecule has 2 aromatic rings. The van der Waals surface area contributed by atoms with Gasteiger partial charge in [0.1, 0.15) is 11.9 Å². The minimum Gasteiger partial charge on any atom is -0.444 e. The van der Waals surface area contributed by atoms with Gasteiger partial charge in [0, 0.05) is 16.9 Å². The Morgan fingerprint density at radius 3 is 2.37 bits per heavy atom. The Balaban J connectivity index is 2.08. The first-order chi connectivity index (χ1) is 12.6. The molecule has 142 valence electrons. The molecule has 0 aliphatic rings. The third-order valence-electron chi connectivity index (χ3n) is 3.09. The number of ketones is 1. The zero-order valence-electron chi connectivity index (χ0n) is 15.1. The summed E-state index contributed by atoms with van der Waals surface area (Å²) in [6, 6.07) is 4.92. The third-order valence-corrected chi connectivity index (χ3v) is 3.59. The highest BCUT2D eigenvalue weighted by Crippen LogP contribution is 2.27. The Kier molecular flexibility index (Phi) is 6.62. The average molecular weight is 435 g/mol. The molecule has 0 saturated heterocycles. The van der Waals surface area contributed by atoms with Crippen LogP contribution in [0.2, 0.25) is 0 Å². The predicted octanol–water partition coefficient (Wildman–Crippen LogP) is 3.80. The minimum absolute atomic E-state index is 0.244. The molecule has 1 aromatic carbocycles. The van der Waals surface area contributed by atoms with Crippen molar-refractivity contribution in [3.05, 3.63) is 47.0 Å². The molecular weight excluding hydrogens is 416 g/mol. The number of anilines is 2. The zero-order chi connectivity index (χ0) is 20.0. The van der Waals surface area contributed by atoms with Gasteiger partial charge in [-0.05, 0) is 39.0 Å². The molecule has 9 heteroatoms. The molecule has 0 atom stereocenters. The Labute approximate surface area is 164 Å². The molecule has 0 aliphatic heterocycles. The summed E-state index contributed by atoms with van der Waals surface area (Å²) >= 11 is 3.31. The van der Waals surface area contributed by atoms with Crippen molar-refractivity contribution >= 4 is 45.1 Å². The van der Waals surface area contributed by atoms with Crippen LogP contribution >= 0.6 is 15.9 Å². The standard InChI is InChI=1S/C18H19BrN4O4/c1-18(2,3)27-17(26)23-13-5-4-12(19)6-14(13)22-16(25)7-15(24)11-8-20-10-21-9-11/h4-6,8-10H,7H2,1-3H3,(H,22,25)(H,23,26). The SMILES string of the molecule is CC(C)(C)OC(=O)Nc1ccc(Br)cc1NC(=O)CC(=O)c1cncnc1. The highest BCUT2D eigenvalue weighted by molar-refractivity contribution is 9.10. The molecule has 8 nitrogen and oxygen atoms in total. The van der Waals surface area contributed by atoms with Gasteiger partial charge in [-0.3, -0.25) is 14.9 Å². The van der Waals surface area contributed by atoms with Crippen LogP contribution in [0.15, 0.2) is 41.4 Å². The third kappa shape index (κ3) is 6.78. The number of Topliss-reactive ketones (excluding diaryl/α,β-unsaturated/α-hetero) is 1. The van der Waals surface area contributed by atoms with E-state index in [-0.39, 0.29) is 12.0 Å². The van der Waals surface area contributed by atoms with Gasteiger partial charge in [-0.2, -0.15) is 0 Å². The van der Waals surface area contributed by atoms with Crippen molar-refractivity contribution < 1.29 is 19.1 Å². The summed E-state index contributed by atoms with van der Waals surface area (Å²) in [5.41, 5.74) is 0.259. The lowest BCUT2D eigenvalue weighted by Gasteiger charge is -2.20. The highest BCUT2D eigenvalue weighted by atomic mass is 79.9. The monoisotopic (exact) mass is 434 g/mol. The normalized spacial score (nSPS) is 10.8. The largest absolute Gasteiger partial charge is 0.444 e. The van der Waals surface area contributed by atoms with Gasteiger partial charge < -0.3 is 10.1 Å². The number of benzene rings is 1. The van der Waals surface area contributed by atoms with Crippen molar-refractivity contribution in [2.24, 2.45) is 0 Å². The lowest BCUT2D eigenvalue weighted by Crippen LogP contribution is -2.27. The highest BCUT2D eigenvalue weighted by Gasteiger charge is 2.19. The van der Waals surface area contributed by atoms with Crippen LogP contribution in [0.1, 0.15) is 37.6 Å². The van der Waals surface area contributed by atoms with Gasteiger partial charge in [0.2, 0.25) is 5.91 Å². The number of aromatic nitrogens is 2. The van der Waals surface area contributed by atoms with Gasteiger partial charge in [0.05, 0.1) is 23.4 Å². The summed E-state index contributed by atoms with van der Waals surface area (Å²) in [4.78, 5) is 43.8. The first kappa shape index (κ1) is 20.5. The van der Waals surface area contributed by atoms with Crippen LogP contribution in [0.3, 0.4) is 0 Å². The molecule has 0 fully saturated rings. The fraction of sp³-hybridized carbons (Fsp3) is 0.278. The Morgan fingerprint density at radius 1 is 1.07 bits per heavy atom. The van der Waals surface area contributed by atoms with Crippen LogP contribution in [-0.4, -0.2) is 33.4 Å². The molecular formula is C18H19BrN4O4. The summed E-state index contributed by atoms with van der Waals surface area (Å²) in [5, 5.41) is 5.20. The van der Waals surface area contributed by atoms with Crippen molar-refractivity contribution in [3.63, 3.8) is 0 Å². The van der Waals surface area contributed by atoms with Crippen molar-refractivity contribution in [1.29, 1.82) is 0 Å². The number of nitrogens with zero attached hydrogens (tertiary/aromatic N) is 2. The fourth-order valence-electron chi connectivity index (χ4n) is 2.03. The number of hydrogen-bond acceptors (Lipinski definition) is 6. The van der Waals surface area contributed by atoms with Gasteiger partial charge in [-0.25, -0.2) is 14.8 Å². The topological polar surface area (TPSA) is 110 Å². The van der Waals surface area contributed by atoms with Crippen LogP contribution in [0.4, 0.5) is 16.2 Å². The lowest BCUT2D eigenvalue weighted by atomic mass is 10.1. The molecule has 2 rings (SSSR count). The summed E-state index contributed by atoms with van der Waals surface area (Å²) in [7, 11) is 0. The van der Waals surface area contributed by atoms with E-state index < -0.39 is 23.4 Å². The molecule has 0 unspecified atom stereocenters. The summed E-state index contributed by atoms with van der Waals surface area (Å²) in [6.45, 7) is 5.24. The molecule has 0 bridgehead atoms. The second-order valence-corrected chi connectivity index (χ2v) is 7.51. The number of amides is 2. The van der Waals surface area contributed by atoms with Crippen LogP contribution in [0.5, 0.6) is 0 Å². The minimum atomic E-state index is -0.660. The first-order valence-corrected chi connectivity index (χ1v) is 8.81. The molecule has 0 aliphatic carbocycles. The number of hydrogen-bond donors (Lipinski definition) is 2. The van der Waals surface area contributed by atoms with Gasteiger partial charge in [-0.15, -0.1) is 0 Å². The van der Waals surface area contributed by atoms with Gasteiger partial charge >= 0.3 is 6.09 Å². The maximum Gasteiger partial charge on any atom is 0.412 e. The number of ether oxygens (including phenoxy) is 1. The molecule has 0 radical (unpaired) electrons. The van der Waals surface area contributed by atoms with E-state index in [9.17, 15) is 14.4 Å². The fourth-order valence-corrected chi connectivity index (χ4v) is 2.39. The Hall–Kier alpha value is -2.81. The molecule has 1 aromatic heterocycles. The van der Waals surface area contributed by atoms with Crippen molar-refractivity contribution in [3.8, 4) is 0 Å². The molecule has 2 amide bonds. The maximum absolute atomic E-state index is 12.2. The van der Waals surface area contributed by atoms with E-state index in [1.165, 1.54) is 18.7 Å². The van der Waals surface area contributed by atoms with Crippen LogP contribution in [0, 0.1) is 0 Å². The van der Waals surface area contributed by atoms with Crippen LogP contribution in [-0.2, 0) is 9.53 Å². The molecule has 1 heterocycles.